The number of nitrogens with zero attached hydrogens (tertiary/aromatic N) is 7. The van der Waals surface area contributed by atoms with Gasteiger partial charge in [-0.2, -0.15) is 5.10 Å². The van der Waals surface area contributed by atoms with E-state index in [0.29, 0.717) is 64.0 Å². The average Bonchev–Trinajstić information content (AvgIpc) is 3.96. The number of fused-ring (bicyclic) bond motifs is 2. The Morgan fingerprint density at radius 1 is 0.915 bits per heavy atom. The summed E-state index contributed by atoms with van der Waals surface area (Å²) < 4.78 is 9.60. The average molecular weight is 809 g/mol. The molecule has 1 fully saturated rings. The lowest BCUT2D eigenvalue weighted by molar-refractivity contribution is -0.134. The molecular weight excluding hydrogens is 768 g/mol. The summed E-state index contributed by atoms with van der Waals surface area (Å²) >= 11 is 0. The van der Waals surface area contributed by atoms with Crippen LogP contribution in [0.2, 0.25) is 0 Å². The molecule has 1 amide bonds. The molecule has 59 heavy (non-hydrogen) atoms. The highest BCUT2D eigenvalue weighted by molar-refractivity contribution is 6.07. The Balaban J connectivity index is 0.000000350. The van der Waals surface area contributed by atoms with E-state index in [0.717, 1.165) is 54.6 Å². The number of piperidine rings is 1. The second-order valence-corrected chi connectivity index (χ2v) is 12.9. The van der Waals surface area contributed by atoms with Gasteiger partial charge in [-0.25, -0.2) is 38.8 Å². The zero-order valence-electron chi connectivity index (χ0n) is 31.7. The molecule has 8 N–H and O–H groups in total. The maximum absolute atomic E-state index is 13.3. The van der Waals surface area contributed by atoms with E-state index in [1.54, 1.807) is 13.4 Å². The lowest BCUT2D eigenvalue weighted by atomic mass is 10.0. The molecule has 0 spiro atoms. The van der Waals surface area contributed by atoms with Gasteiger partial charge >= 0.3 is 23.9 Å². The van der Waals surface area contributed by atoms with E-state index in [1.807, 2.05) is 71.0 Å². The van der Waals surface area contributed by atoms with Crippen LogP contribution in [0.15, 0.2) is 91.7 Å². The molecule has 306 valence electrons. The first-order valence-corrected chi connectivity index (χ1v) is 17.8. The number of nitrogens with two attached hydrogens (primary N) is 1. The highest BCUT2D eigenvalue weighted by atomic mass is 16.5. The van der Waals surface area contributed by atoms with Crippen molar-refractivity contribution in [1.29, 1.82) is 0 Å². The smallest absolute Gasteiger partial charge is 0.328 e. The van der Waals surface area contributed by atoms with Crippen LogP contribution in [0, 0.1) is 0 Å². The van der Waals surface area contributed by atoms with Gasteiger partial charge in [-0.05, 0) is 37.1 Å². The number of anilines is 2. The first kappa shape index (κ1) is 42.3. The van der Waals surface area contributed by atoms with E-state index in [1.165, 1.54) is 6.33 Å². The summed E-state index contributed by atoms with van der Waals surface area (Å²) in [5, 5.41) is 41.0. The van der Waals surface area contributed by atoms with Crippen molar-refractivity contribution in [1.82, 2.24) is 39.2 Å². The number of aliphatic carboxylic acids is 4. The molecule has 20 heteroatoms. The zero-order chi connectivity index (χ0) is 42.6. The van der Waals surface area contributed by atoms with Crippen molar-refractivity contribution in [3.63, 3.8) is 0 Å². The number of likely N-dealkylation sites (tertiary alicyclic amines) is 1. The van der Waals surface area contributed by atoms with Crippen LogP contribution in [-0.2, 0) is 32.8 Å². The maximum Gasteiger partial charge on any atom is 0.328 e. The Labute approximate surface area is 334 Å². The van der Waals surface area contributed by atoms with E-state index < -0.39 is 23.9 Å². The van der Waals surface area contributed by atoms with Gasteiger partial charge in [0.05, 0.1) is 30.6 Å². The van der Waals surface area contributed by atoms with Crippen molar-refractivity contribution in [2.75, 3.05) is 31.2 Å². The van der Waals surface area contributed by atoms with E-state index >= 15 is 0 Å². The Bertz CT molecular complexity index is 2470. The van der Waals surface area contributed by atoms with Crippen molar-refractivity contribution in [2.24, 2.45) is 7.05 Å². The number of carbonyl (C=O) groups is 5. The standard InChI is InChI=1S/C31H32N10O2.2C4H4O4/c1-39-24-6-4-3-5-19(24)13-25(39)31(42)37-23-8-7-20(14-26(23)43-2)28-27-29(32)35-18-36-30(27)41(38-28)22-9-11-40(12-10-22)16-21-15-33-17-34-21;2*5-3(6)1-2-4(7)8/h3-8,13-15,17-18,22H,9-12,16H2,1-2H3,(H,33,34)(H,37,42)(H2,32,35,36);2*1-2H,(H,5,6)(H,7,8)/b;2*2-1-. The van der Waals surface area contributed by atoms with Crippen LogP contribution in [-0.4, -0.2) is 110 Å². The molecule has 1 aliphatic heterocycles. The van der Waals surface area contributed by atoms with Crippen molar-refractivity contribution in [3.8, 4) is 17.0 Å². The monoisotopic (exact) mass is 808 g/mol. The van der Waals surface area contributed by atoms with E-state index in [-0.39, 0.29) is 11.9 Å². The molecule has 6 aromatic rings. The summed E-state index contributed by atoms with van der Waals surface area (Å²) in [5.74, 6) is -4.37. The summed E-state index contributed by atoms with van der Waals surface area (Å²) in [5.41, 5.74) is 11.8. The number of amides is 1. The predicted molar refractivity (Wildman–Crippen MR) is 214 cm³/mol. The number of para-hydroxylation sites is 1. The quantitative estimate of drug-likeness (QED) is 0.0916. The molecule has 20 nitrogen and oxygen atoms in total. The Kier molecular flexibility index (Phi) is 13.8. The molecule has 0 unspecified atom stereocenters. The number of carbonyl (C=O) groups excluding carboxylic acids is 1. The molecule has 0 aliphatic carbocycles. The van der Waals surface area contributed by atoms with Gasteiger partial charge in [-0.15, -0.1) is 0 Å². The second-order valence-electron chi connectivity index (χ2n) is 12.9. The van der Waals surface area contributed by atoms with Crippen LogP contribution >= 0.6 is 0 Å². The third-order valence-corrected chi connectivity index (χ3v) is 9.01. The van der Waals surface area contributed by atoms with Gasteiger partial charge in [0.2, 0.25) is 0 Å². The van der Waals surface area contributed by atoms with Crippen LogP contribution < -0.4 is 15.8 Å². The number of aromatic nitrogens is 7. The first-order valence-electron chi connectivity index (χ1n) is 17.8. The molecule has 0 radical (unpaired) electrons. The predicted octanol–water partition coefficient (Wildman–Crippen LogP) is 3.81. The molecule has 0 atom stereocenters. The lowest BCUT2D eigenvalue weighted by Gasteiger charge is -2.31. The number of aryl methyl sites for hydroxylation is 1. The molecular formula is C39H40N10O10. The third kappa shape index (κ3) is 10.9. The Hall–Kier alpha value is -7.87. The molecule has 4 aromatic heterocycles. The highest BCUT2D eigenvalue weighted by Gasteiger charge is 2.27. The van der Waals surface area contributed by atoms with Crippen molar-refractivity contribution >= 4 is 63.2 Å². The molecule has 0 bridgehead atoms. The van der Waals surface area contributed by atoms with Gasteiger partial charge in [-0.3, -0.25) is 9.69 Å². The number of nitrogen functional groups attached to an aromatic ring is 1. The van der Waals surface area contributed by atoms with Crippen molar-refractivity contribution in [3.05, 3.63) is 103 Å². The summed E-state index contributed by atoms with van der Waals surface area (Å²) in [4.78, 5) is 70.1. The fraction of sp³-hybridized carbons (Fsp3) is 0.205. The normalized spacial score (nSPS) is 13.1. The minimum atomic E-state index is -1.26. The van der Waals surface area contributed by atoms with Gasteiger partial charge in [0.15, 0.2) is 5.65 Å². The van der Waals surface area contributed by atoms with Crippen molar-refractivity contribution < 1.29 is 49.1 Å². The number of benzene rings is 2. The molecule has 2 aromatic carbocycles. The van der Waals surface area contributed by atoms with Gasteiger partial charge in [-0.1, -0.05) is 24.3 Å². The van der Waals surface area contributed by atoms with Crippen LogP contribution in [0.5, 0.6) is 5.75 Å². The highest BCUT2D eigenvalue weighted by Crippen LogP contribution is 2.37. The summed E-state index contributed by atoms with van der Waals surface area (Å²) in [7, 11) is 3.46. The maximum atomic E-state index is 13.3. The Morgan fingerprint density at radius 3 is 2.14 bits per heavy atom. The largest absolute Gasteiger partial charge is 0.495 e. The molecule has 1 aliphatic rings. The minimum absolute atomic E-state index is 0.171. The van der Waals surface area contributed by atoms with Gasteiger partial charge in [0, 0.05) is 79.3 Å². The van der Waals surface area contributed by atoms with E-state index in [4.69, 9.17) is 36.0 Å². The van der Waals surface area contributed by atoms with E-state index in [9.17, 15) is 24.0 Å². The number of nitrogens with one attached hydrogen (secondary N) is 2. The SMILES string of the molecule is COc1cc(-c2nn(C3CCN(Cc4cnc[nH]4)CC3)c3ncnc(N)c23)ccc1NC(=O)c1cc2ccccc2n1C.O=C(O)/C=C\C(=O)O.O=C(O)/C=C\C(=O)O. The van der Waals surface area contributed by atoms with E-state index in [2.05, 4.69) is 30.2 Å². The number of carboxylic acid groups (broad SMARTS) is 4. The number of aromatic amines is 1. The second kappa shape index (κ2) is 19.3. The molecule has 0 saturated carbocycles. The fourth-order valence-electron chi connectivity index (χ4n) is 6.31. The molecule has 5 heterocycles. The number of methoxy groups -OCH3 is 1. The third-order valence-electron chi connectivity index (χ3n) is 9.01. The number of imidazole rings is 1. The number of rotatable bonds is 11. The van der Waals surface area contributed by atoms with Crippen LogP contribution in [0.4, 0.5) is 11.5 Å². The summed E-state index contributed by atoms with van der Waals surface area (Å²) in [6.07, 6.45) is 9.15. The molecule has 1 saturated heterocycles. The number of ether oxygens (including phenoxy) is 1. The summed E-state index contributed by atoms with van der Waals surface area (Å²) in [6, 6.07) is 15.6. The fourth-order valence-corrected chi connectivity index (χ4v) is 6.31. The molecule has 7 rings (SSSR count). The number of hydrogen-bond donors (Lipinski definition) is 7. The number of hydrogen-bond acceptors (Lipinski definition) is 12. The lowest BCUT2D eigenvalue weighted by Crippen LogP contribution is -2.34. The van der Waals surface area contributed by atoms with Gasteiger partial charge in [0.25, 0.3) is 5.91 Å². The first-order chi connectivity index (χ1) is 28.2. The van der Waals surface area contributed by atoms with Crippen LogP contribution in [0.3, 0.4) is 0 Å². The summed E-state index contributed by atoms with van der Waals surface area (Å²) in [6.45, 7) is 2.70. The number of H-pyrrole nitrogens is 1. The number of carboxylic acids is 4. The minimum Gasteiger partial charge on any atom is -0.495 e. The van der Waals surface area contributed by atoms with Crippen molar-refractivity contribution in [2.45, 2.75) is 25.4 Å². The van der Waals surface area contributed by atoms with Crippen LogP contribution in [0.25, 0.3) is 33.2 Å². The van der Waals surface area contributed by atoms with Gasteiger partial charge < -0.3 is 45.8 Å². The van der Waals surface area contributed by atoms with Crippen LogP contribution in [0.1, 0.15) is 35.1 Å². The zero-order valence-corrected chi connectivity index (χ0v) is 31.7. The van der Waals surface area contributed by atoms with Gasteiger partial charge in [0.1, 0.15) is 29.3 Å². The Morgan fingerprint density at radius 2 is 1.56 bits per heavy atom. The topological polar surface area (TPSA) is 294 Å².